The molecule has 0 saturated heterocycles. The van der Waals surface area contributed by atoms with Gasteiger partial charge in [-0.25, -0.2) is 0 Å². The number of hydrogen-bond donors (Lipinski definition) is 0. The second kappa shape index (κ2) is 8.09. The van der Waals surface area contributed by atoms with Gasteiger partial charge in [-0.1, -0.05) is 50.4 Å². The fourth-order valence-corrected chi connectivity index (χ4v) is 1.63. The summed E-state index contributed by atoms with van der Waals surface area (Å²) in [4.78, 5) is 10.6. The van der Waals surface area contributed by atoms with Crippen LogP contribution in [0, 0.1) is 5.92 Å². The minimum atomic E-state index is 0.0506. The minimum Gasteiger partial charge on any atom is -0.489 e. The van der Waals surface area contributed by atoms with Crippen molar-refractivity contribution in [1.29, 1.82) is 0 Å². The number of aldehydes is 1. The third kappa shape index (κ3) is 5.38. The molecular weight excluding hydrogens is 236 g/mol. The number of rotatable bonds is 8. The van der Waals surface area contributed by atoms with Gasteiger partial charge in [-0.2, -0.15) is 0 Å². The summed E-state index contributed by atoms with van der Waals surface area (Å²) in [5.41, 5.74) is 2.12. The average Bonchev–Trinajstić information content (AvgIpc) is 2.44. The first-order valence-corrected chi connectivity index (χ1v) is 6.30. The molecule has 0 aliphatic heterocycles. The van der Waals surface area contributed by atoms with Gasteiger partial charge in [-0.05, 0) is 29.7 Å². The van der Waals surface area contributed by atoms with Crippen molar-refractivity contribution in [2.75, 3.05) is 6.61 Å². The lowest BCUT2D eigenvalue weighted by atomic mass is 10.0. The first kappa shape index (κ1) is 15.0. The second-order valence-corrected chi connectivity index (χ2v) is 4.43. The van der Waals surface area contributed by atoms with Crippen LogP contribution >= 0.6 is 0 Å². The van der Waals surface area contributed by atoms with Crippen molar-refractivity contribution in [3.8, 4) is 5.75 Å². The standard InChI is InChI=1S/C17H20O2/c1-4-6-15(5-2)13-19-17-9-7-16(8-10-17)11-14(3)12-18/h4-10,12,14H,1-2,11,13H2,3H3/b15-6+. The Hall–Kier alpha value is -2.09. The maximum Gasteiger partial charge on any atom is 0.123 e. The van der Waals surface area contributed by atoms with Crippen LogP contribution in [-0.4, -0.2) is 12.9 Å². The number of ether oxygens (including phenoxy) is 1. The Morgan fingerprint density at radius 2 is 2.00 bits per heavy atom. The molecule has 0 radical (unpaired) electrons. The van der Waals surface area contributed by atoms with E-state index in [9.17, 15) is 4.79 Å². The van der Waals surface area contributed by atoms with Crippen LogP contribution in [0.2, 0.25) is 0 Å². The highest BCUT2D eigenvalue weighted by Crippen LogP contribution is 2.15. The van der Waals surface area contributed by atoms with Gasteiger partial charge in [-0.3, -0.25) is 0 Å². The Morgan fingerprint density at radius 1 is 1.32 bits per heavy atom. The Bertz CT molecular complexity index is 455. The van der Waals surface area contributed by atoms with Gasteiger partial charge in [-0.15, -0.1) is 0 Å². The largest absolute Gasteiger partial charge is 0.489 e. The molecule has 1 rings (SSSR count). The molecule has 1 atom stereocenters. The highest BCUT2D eigenvalue weighted by molar-refractivity contribution is 5.53. The maximum absolute atomic E-state index is 10.6. The molecular formula is C17H20O2. The van der Waals surface area contributed by atoms with Crippen LogP contribution in [0.15, 0.2) is 61.2 Å². The molecule has 0 aromatic heterocycles. The molecule has 0 heterocycles. The molecule has 0 saturated carbocycles. The molecule has 0 aliphatic carbocycles. The van der Waals surface area contributed by atoms with Crippen molar-refractivity contribution in [2.45, 2.75) is 13.3 Å². The smallest absolute Gasteiger partial charge is 0.123 e. The lowest BCUT2D eigenvalue weighted by molar-refractivity contribution is -0.110. The van der Waals surface area contributed by atoms with Crippen LogP contribution in [-0.2, 0) is 11.2 Å². The highest BCUT2D eigenvalue weighted by atomic mass is 16.5. The Morgan fingerprint density at radius 3 is 2.53 bits per heavy atom. The summed E-state index contributed by atoms with van der Waals surface area (Å²) < 4.78 is 5.64. The predicted octanol–water partition coefficient (Wildman–Crippen LogP) is 3.74. The van der Waals surface area contributed by atoms with E-state index < -0.39 is 0 Å². The molecule has 0 N–H and O–H groups in total. The highest BCUT2D eigenvalue weighted by Gasteiger charge is 2.02. The monoisotopic (exact) mass is 256 g/mol. The lowest BCUT2D eigenvalue weighted by Gasteiger charge is -2.08. The molecule has 0 aliphatic rings. The van der Waals surface area contributed by atoms with Crippen LogP contribution in [0.4, 0.5) is 0 Å². The number of carbonyl (C=O) groups excluding carboxylic acids is 1. The van der Waals surface area contributed by atoms with Gasteiger partial charge < -0.3 is 9.53 Å². The van der Waals surface area contributed by atoms with Gasteiger partial charge in [0.15, 0.2) is 0 Å². The third-order valence-corrected chi connectivity index (χ3v) is 2.71. The molecule has 0 bridgehead atoms. The van der Waals surface area contributed by atoms with E-state index in [1.165, 1.54) is 0 Å². The fourth-order valence-electron chi connectivity index (χ4n) is 1.63. The summed E-state index contributed by atoms with van der Waals surface area (Å²) in [6, 6.07) is 7.81. The summed E-state index contributed by atoms with van der Waals surface area (Å²) >= 11 is 0. The van der Waals surface area contributed by atoms with Gasteiger partial charge in [0.1, 0.15) is 18.6 Å². The van der Waals surface area contributed by atoms with E-state index in [2.05, 4.69) is 13.2 Å². The van der Waals surface area contributed by atoms with Crippen LogP contribution in [0.1, 0.15) is 12.5 Å². The van der Waals surface area contributed by atoms with E-state index in [1.54, 1.807) is 12.2 Å². The van der Waals surface area contributed by atoms with E-state index in [-0.39, 0.29) is 5.92 Å². The van der Waals surface area contributed by atoms with Gasteiger partial charge in [0.05, 0.1) is 0 Å². The number of hydrogen-bond acceptors (Lipinski definition) is 2. The number of carbonyl (C=O) groups is 1. The van der Waals surface area contributed by atoms with E-state index in [4.69, 9.17) is 4.74 Å². The van der Waals surface area contributed by atoms with Gasteiger partial charge >= 0.3 is 0 Å². The van der Waals surface area contributed by atoms with Crippen molar-refractivity contribution in [1.82, 2.24) is 0 Å². The number of benzene rings is 1. The molecule has 1 unspecified atom stereocenters. The molecule has 0 amide bonds. The Labute approximate surface area is 115 Å². The predicted molar refractivity (Wildman–Crippen MR) is 79.3 cm³/mol. The molecule has 19 heavy (non-hydrogen) atoms. The zero-order valence-corrected chi connectivity index (χ0v) is 11.3. The van der Waals surface area contributed by atoms with Crippen molar-refractivity contribution in [3.63, 3.8) is 0 Å². The van der Waals surface area contributed by atoms with Crippen molar-refractivity contribution in [3.05, 3.63) is 66.8 Å². The normalized spacial score (nSPS) is 12.6. The Balaban J connectivity index is 2.57. The molecule has 1 aromatic carbocycles. The zero-order valence-electron chi connectivity index (χ0n) is 11.3. The van der Waals surface area contributed by atoms with Crippen LogP contribution in [0.5, 0.6) is 5.75 Å². The second-order valence-electron chi connectivity index (χ2n) is 4.43. The molecule has 0 fully saturated rings. The van der Waals surface area contributed by atoms with E-state index in [1.807, 2.05) is 37.3 Å². The first-order valence-electron chi connectivity index (χ1n) is 6.30. The van der Waals surface area contributed by atoms with Crippen molar-refractivity contribution in [2.24, 2.45) is 5.92 Å². The third-order valence-electron chi connectivity index (χ3n) is 2.71. The van der Waals surface area contributed by atoms with Crippen molar-refractivity contribution < 1.29 is 9.53 Å². The molecule has 2 heteroatoms. The van der Waals surface area contributed by atoms with Crippen LogP contribution in [0.3, 0.4) is 0 Å². The first-order chi connectivity index (χ1) is 9.19. The number of allylic oxidation sites excluding steroid dienone is 2. The Kier molecular flexibility index (Phi) is 6.37. The van der Waals surface area contributed by atoms with Gasteiger partial charge in [0, 0.05) is 5.92 Å². The summed E-state index contributed by atoms with van der Waals surface area (Å²) in [7, 11) is 0. The van der Waals surface area contributed by atoms with E-state index >= 15 is 0 Å². The molecule has 2 nitrogen and oxygen atoms in total. The van der Waals surface area contributed by atoms with E-state index in [0.717, 1.165) is 29.6 Å². The summed E-state index contributed by atoms with van der Waals surface area (Å²) in [5.74, 6) is 0.856. The maximum atomic E-state index is 10.6. The summed E-state index contributed by atoms with van der Waals surface area (Å²) in [5, 5.41) is 0. The van der Waals surface area contributed by atoms with Crippen molar-refractivity contribution >= 4 is 6.29 Å². The van der Waals surface area contributed by atoms with Gasteiger partial charge in [0.2, 0.25) is 0 Å². The SMILES string of the molecule is C=C/C=C(\C=C)COc1ccc(CC(C)C=O)cc1. The molecule has 100 valence electrons. The van der Waals surface area contributed by atoms with Gasteiger partial charge in [0.25, 0.3) is 0 Å². The van der Waals surface area contributed by atoms with E-state index in [0.29, 0.717) is 6.61 Å². The van der Waals surface area contributed by atoms with Crippen LogP contribution < -0.4 is 4.74 Å². The minimum absolute atomic E-state index is 0.0506. The topological polar surface area (TPSA) is 26.3 Å². The summed E-state index contributed by atoms with van der Waals surface area (Å²) in [6.07, 6.45) is 7.07. The summed E-state index contributed by atoms with van der Waals surface area (Å²) in [6.45, 7) is 9.74. The average molecular weight is 256 g/mol. The fraction of sp³-hybridized carbons (Fsp3) is 0.235. The van der Waals surface area contributed by atoms with Crippen LogP contribution in [0.25, 0.3) is 0 Å². The molecule has 1 aromatic rings. The molecule has 0 spiro atoms. The quantitative estimate of drug-likeness (QED) is 0.523. The lowest BCUT2D eigenvalue weighted by Crippen LogP contribution is -2.01. The zero-order chi connectivity index (χ0) is 14.1.